The molecule has 0 aliphatic carbocycles. The Labute approximate surface area is 242 Å². The normalized spacial score (nSPS) is 12.5. The van der Waals surface area contributed by atoms with Crippen LogP contribution in [0.25, 0.3) is 0 Å². The van der Waals surface area contributed by atoms with Crippen LogP contribution in [0.5, 0.6) is 11.5 Å². The summed E-state index contributed by atoms with van der Waals surface area (Å²) < 4.78 is 12.0. The van der Waals surface area contributed by atoms with Crippen molar-refractivity contribution in [2.75, 3.05) is 26.4 Å². The molecule has 0 aromatic heterocycles. The van der Waals surface area contributed by atoms with Crippen LogP contribution >= 0.6 is 0 Å². The molecule has 0 unspecified atom stereocenters. The van der Waals surface area contributed by atoms with Gasteiger partial charge in [0.05, 0.1) is 13.2 Å². The van der Waals surface area contributed by atoms with Gasteiger partial charge in [-0.25, -0.2) is 0 Å². The van der Waals surface area contributed by atoms with E-state index in [1.807, 2.05) is 0 Å². The van der Waals surface area contributed by atoms with Gasteiger partial charge in [-0.1, -0.05) is 83.0 Å². The van der Waals surface area contributed by atoms with Crippen LogP contribution in [0.15, 0.2) is 42.5 Å². The monoisotopic (exact) mass is 546 g/mol. The lowest BCUT2D eigenvalue weighted by molar-refractivity contribution is 0.200. The predicted octanol–water partition coefficient (Wildman–Crippen LogP) is 7.61. The molecule has 218 valence electrons. The van der Waals surface area contributed by atoms with Crippen molar-refractivity contribution >= 4 is 0 Å². The first-order valence-electron chi connectivity index (χ1n) is 14.4. The summed E-state index contributed by atoms with van der Waals surface area (Å²) in [5.74, 6) is 1.62. The van der Waals surface area contributed by atoms with Crippen molar-refractivity contribution in [1.82, 2.24) is 0 Å². The third-order valence-electron chi connectivity index (χ3n) is 7.82. The molecule has 0 aliphatic rings. The molecule has 0 atom stereocenters. The lowest BCUT2D eigenvalue weighted by Crippen LogP contribution is -2.33. The van der Waals surface area contributed by atoms with Gasteiger partial charge in [-0.2, -0.15) is 0 Å². The van der Waals surface area contributed by atoms with E-state index in [9.17, 15) is 10.2 Å². The van der Waals surface area contributed by atoms with Gasteiger partial charge in [0.15, 0.2) is 0 Å². The van der Waals surface area contributed by atoms with E-state index in [-0.39, 0.29) is 37.3 Å². The highest BCUT2D eigenvalue weighted by Gasteiger charge is 2.40. The van der Waals surface area contributed by atoms with Crippen molar-refractivity contribution in [2.24, 2.45) is 0 Å². The molecule has 3 aromatic carbocycles. The molecular formula is C36H50O4. The second kappa shape index (κ2) is 12.0. The fraction of sp³-hybridized carbons (Fsp3) is 0.500. The highest BCUT2D eigenvalue weighted by atomic mass is 16.5. The Balaban J connectivity index is 2.54. The van der Waals surface area contributed by atoms with Gasteiger partial charge in [0.1, 0.15) is 24.7 Å². The average Bonchev–Trinajstić information content (AvgIpc) is 2.84. The average molecular weight is 547 g/mol. The maximum Gasteiger partial charge on any atom is 0.122 e. The Bertz CT molecular complexity index is 1240. The molecule has 0 fully saturated rings. The zero-order valence-corrected chi connectivity index (χ0v) is 26.6. The van der Waals surface area contributed by atoms with Crippen molar-refractivity contribution in [3.05, 3.63) is 92.5 Å². The standard InChI is InChI=1S/C36H50O4/c1-23-16-24(2)18-27(17-23)36(11,30-19-25(3)32(39-14-12-37)21-28(30)34(5,6)7)31-20-26(4)33(40-15-13-38)22-29(31)35(8,9)10/h16-22,37-38H,12-15H2,1-11H3. The minimum atomic E-state index is -0.497. The zero-order valence-electron chi connectivity index (χ0n) is 26.6. The van der Waals surface area contributed by atoms with E-state index < -0.39 is 5.41 Å². The van der Waals surface area contributed by atoms with E-state index >= 15 is 0 Å². The summed E-state index contributed by atoms with van der Waals surface area (Å²) in [5, 5.41) is 18.9. The van der Waals surface area contributed by atoms with Crippen LogP contribution in [0.1, 0.15) is 98.5 Å². The number of aliphatic hydroxyl groups is 2. The third-order valence-corrected chi connectivity index (χ3v) is 7.82. The summed E-state index contributed by atoms with van der Waals surface area (Å²) in [6.45, 7) is 24.9. The Morgan fingerprint density at radius 1 is 0.525 bits per heavy atom. The van der Waals surface area contributed by atoms with Crippen LogP contribution in [0, 0.1) is 27.7 Å². The Morgan fingerprint density at radius 2 is 0.900 bits per heavy atom. The molecule has 0 spiro atoms. The molecule has 0 aliphatic heterocycles. The third kappa shape index (κ3) is 6.56. The van der Waals surface area contributed by atoms with Crippen LogP contribution in [-0.4, -0.2) is 36.6 Å². The van der Waals surface area contributed by atoms with E-state index in [0.717, 1.165) is 22.6 Å². The summed E-state index contributed by atoms with van der Waals surface area (Å²) in [6, 6.07) is 15.8. The molecule has 0 saturated heterocycles. The van der Waals surface area contributed by atoms with Crippen molar-refractivity contribution in [2.45, 2.75) is 92.4 Å². The Morgan fingerprint density at radius 3 is 1.23 bits per heavy atom. The summed E-state index contributed by atoms with van der Waals surface area (Å²) in [7, 11) is 0. The zero-order chi connectivity index (χ0) is 30.0. The predicted molar refractivity (Wildman–Crippen MR) is 166 cm³/mol. The molecule has 0 amide bonds. The first-order valence-corrected chi connectivity index (χ1v) is 14.4. The molecule has 4 heteroatoms. The molecule has 40 heavy (non-hydrogen) atoms. The molecule has 3 aromatic rings. The largest absolute Gasteiger partial charge is 0.491 e. The molecule has 2 N–H and O–H groups in total. The minimum absolute atomic E-state index is 0.0226. The van der Waals surface area contributed by atoms with Crippen molar-refractivity contribution in [1.29, 1.82) is 0 Å². The van der Waals surface area contributed by atoms with Crippen molar-refractivity contribution in [3.8, 4) is 11.5 Å². The van der Waals surface area contributed by atoms with Crippen LogP contribution in [-0.2, 0) is 16.2 Å². The summed E-state index contributed by atoms with van der Waals surface area (Å²) in [6.07, 6.45) is 0. The number of aryl methyl sites for hydroxylation is 4. The van der Waals surface area contributed by atoms with E-state index in [0.29, 0.717) is 0 Å². The number of rotatable bonds is 9. The summed E-state index contributed by atoms with van der Waals surface area (Å²) in [5.41, 5.74) is 9.88. The summed E-state index contributed by atoms with van der Waals surface area (Å²) >= 11 is 0. The SMILES string of the molecule is Cc1cc(C)cc(C(C)(c2cc(C)c(OCCO)cc2C(C)(C)C)c2cc(C)c(OCCO)cc2C(C)(C)C)c1. The topological polar surface area (TPSA) is 58.9 Å². The maximum absolute atomic E-state index is 9.44. The van der Waals surface area contributed by atoms with Gasteiger partial charge in [-0.05, 0) is 96.5 Å². The molecule has 0 radical (unpaired) electrons. The highest BCUT2D eigenvalue weighted by Crippen LogP contribution is 2.49. The van der Waals surface area contributed by atoms with Gasteiger partial charge < -0.3 is 19.7 Å². The Hall–Kier alpha value is -2.82. The lowest BCUT2D eigenvalue weighted by atomic mass is 9.62. The van der Waals surface area contributed by atoms with Crippen LogP contribution < -0.4 is 9.47 Å². The van der Waals surface area contributed by atoms with Crippen LogP contribution in [0.4, 0.5) is 0 Å². The van der Waals surface area contributed by atoms with Crippen LogP contribution in [0.3, 0.4) is 0 Å². The second-order valence-electron chi connectivity index (χ2n) is 13.5. The van der Waals surface area contributed by atoms with Gasteiger partial charge in [-0.3, -0.25) is 0 Å². The Kier molecular flexibility index (Phi) is 9.48. The number of aliphatic hydroxyl groups excluding tert-OH is 2. The molecular weight excluding hydrogens is 496 g/mol. The van der Waals surface area contributed by atoms with Crippen molar-refractivity contribution < 1.29 is 19.7 Å². The number of hydrogen-bond acceptors (Lipinski definition) is 4. The molecule has 0 heterocycles. The van der Waals surface area contributed by atoms with Crippen LogP contribution in [0.2, 0.25) is 0 Å². The van der Waals surface area contributed by atoms with E-state index in [1.165, 1.54) is 38.9 Å². The van der Waals surface area contributed by atoms with E-state index in [2.05, 4.69) is 119 Å². The molecule has 0 saturated carbocycles. The first-order chi connectivity index (χ1) is 18.5. The summed E-state index contributed by atoms with van der Waals surface area (Å²) in [4.78, 5) is 0. The minimum Gasteiger partial charge on any atom is -0.491 e. The smallest absolute Gasteiger partial charge is 0.122 e. The van der Waals surface area contributed by atoms with Gasteiger partial charge in [-0.15, -0.1) is 0 Å². The molecule has 4 nitrogen and oxygen atoms in total. The fourth-order valence-corrected chi connectivity index (χ4v) is 5.79. The quantitative estimate of drug-likeness (QED) is 0.271. The first kappa shape index (κ1) is 31.7. The second-order valence-corrected chi connectivity index (χ2v) is 13.5. The van der Waals surface area contributed by atoms with Gasteiger partial charge in [0.2, 0.25) is 0 Å². The lowest BCUT2D eigenvalue weighted by Gasteiger charge is -2.41. The maximum atomic E-state index is 9.44. The number of benzene rings is 3. The molecule has 3 rings (SSSR count). The van der Waals surface area contributed by atoms with Gasteiger partial charge in [0.25, 0.3) is 0 Å². The fourth-order valence-electron chi connectivity index (χ4n) is 5.79. The number of hydrogen-bond donors (Lipinski definition) is 2. The van der Waals surface area contributed by atoms with Crippen molar-refractivity contribution in [3.63, 3.8) is 0 Å². The van der Waals surface area contributed by atoms with E-state index in [4.69, 9.17) is 9.47 Å². The molecule has 0 bridgehead atoms. The van der Waals surface area contributed by atoms with Gasteiger partial charge >= 0.3 is 0 Å². The van der Waals surface area contributed by atoms with Gasteiger partial charge in [0, 0.05) is 5.41 Å². The number of ether oxygens (including phenoxy) is 2. The highest BCUT2D eigenvalue weighted by molar-refractivity contribution is 5.62. The van der Waals surface area contributed by atoms with E-state index in [1.54, 1.807) is 0 Å².